The van der Waals surface area contributed by atoms with Crippen LogP contribution in [0.3, 0.4) is 0 Å². The summed E-state index contributed by atoms with van der Waals surface area (Å²) in [4.78, 5) is 12.9. The van der Waals surface area contributed by atoms with Gasteiger partial charge in [-0.2, -0.15) is 5.10 Å². The van der Waals surface area contributed by atoms with Crippen LogP contribution in [0.25, 0.3) is 0 Å². The number of hydrazone groups is 1. The predicted octanol–water partition coefficient (Wildman–Crippen LogP) is 5.12. The number of hydrogen-bond acceptors (Lipinski definition) is 6. The van der Waals surface area contributed by atoms with Crippen LogP contribution in [0.4, 0.5) is 5.69 Å². The molecule has 0 radical (unpaired) electrons. The minimum absolute atomic E-state index is 0.0893. The average Bonchev–Trinajstić information content (AvgIpc) is 2.92. The summed E-state index contributed by atoms with van der Waals surface area (Å²) < 4.78 is 39.2. The van der Waals surface area contributed by atoms with Gasteiger partial charge in [-0.25, -0.2) is 13.8 Å². The van der Waals surface area contributed by atoms with E-state index in [1.54, 1.807) is 54.6 Å². The second-order valence-electron chi connectivity index (χ2n) is 8.60. The van der Waals surface area contributed by atoms with Crippen molar-refractivity contribution in [2.75, 3.05) is 24.1 Å². The van der Waals surface area contributed by atoms with Crippen molar-refractivity contribution in [1.82, 2.24) is 5.43 Å². The number of benzene rings is 3. The fourth-order valence-electron chi connectivity index (χ4n) is 3.55. The van der Waals surface area contributed by atoms with E-state index in [4.69, 9.17) is 9.47 Å². The molecular formula is C29H33N3O5S. The third-order valence-corrected chi connectivity index (χ3v) is 7.28. The lowest BCUT2D eigenvalue weighted by Crippen LogP contribution is -2.39. The second-order valence-corrected chi connectivity index (χ2v) is 10.5. The van der Waals surface area contributed by atoms with Gasteiger partial charge in [-0.3, -0.25) is 9.10 Å². The van der Waals surface area contributed by atoms with Crippen molar-refractivity contribution in [2.24, 2.45) is 5.10 Å². The minimum Gasteiger partial charge on any atom is -0.490 e. The van der Waals surface area contributed by atoms with Crippen molar-refractivity contribution >= 4 is 27.8 Å². The molecule has 0 aliphatic carbocycles. The molecule has 9 heteroatoms. The summed E-state index contributed by atoms with van der Waals surface area (Å²) in [6.45, 7) is 9.95. The van der Waals surface area contributed by atoms with Crippen molar-refractivity contribution in [3.05, 3.63) is 96.6 Å². The molecule has 0 spiro atoms. The molecule has 8 nitrogen and oxygen atoms in total. The van der Waals surface area contributed by atoms with Gasteiger partial charge in [-0.1, -0.05) is 56.8 Å². The maximum absolute atomic E-state index is 13.5. The first-order valence-corrected chi connectivity index (χ1v) is 13.7. The number of hydrogen-bond donors (Lipinski definition) is 1. The number of nitrogens with zero attached hydrogens (tertiary/aromatic N) is 2. The third-order valence-electron chi connectivity index (χ3n) is 5.49. The lowest BCUT2D eigenvalue weighted by atomic mass is 10.0. The fraction of sp³-hybridized carbons (Fsp3) is 0.241. The van der Waals surface area contributed by atoms with E-state index in [0.29, 0.717) is 36.0 Å². The zero-order chi connectivity index (χ0) is 27.5. The van der Waals surface area contributed by atoms with Gasteiger partial charge in [0.1, 0.15) is 13.2 Å². The highest BCUT2D eigenvalue weighted by molar-refractivity contribution is 7.92. The van der Waals surface area contributed by atoms with Gasteiger partial charge < -0.3 is 9.47 Å². The number of nitrogens with one attached hydrogen (secondary N) is 1. The molecule has 1 N–H and O–H groups in total. The van der Waals surface area contributed by atoms with E-state index in [1.165, 1.54) is 18.3 Å². The second kappa shape index (κ2) is 13.4. The number of sulfonamides is 1. The zero-order valence-electron chi connectivity index (χ0n) is 21.8. The summed E-state index contributed by atoms with van der Waals surface area (Å²) in [6, 6.07) is 20.4. The van der Waals surface area contributed by atoms with Crippen LogP contribution >= 0.6 is 0 Å². The van der Waals surface area contributed by atoms with Crippen LogP contribution in [-0.4, -0.2) is 40.3 Å². The van der Waals surface area contributed by atoms with Gasteiger partial charge in [0.2, 0.25) is 0 Å². The van der Waals surface area contributed by atoms with Crippen molar-refractivity contribution in [2.45, 2.75) is 31.6 Å². The Morgan fingerprint density at radius 3 is 2.37 bits per heavy atom. The summed E-state index contributed by atoms with van der Waals surface area (Å²) >= 11 is 0. The molecule has 0 fully saturated rings. The normalized spacial score (nSPS) is 11.4. The van der Waals surface area contributed by atoms with Gasteiger partial charge in [-0.05, 0) is 66.4 Å². The highest BCUT2D eigenvalue weighted by Gasteiger charge is 2.27. The van der Waals surface area contributed by atoms with Gasteiger partial charge in [0, 0.05) is 0 Å². The monoisotopic (exact) mass is 535 g/mol. The highest BCUT2D eigenvalue weighted by atomic mass is 32.2. The van der Waals surface area contributed by atoms with Gasteiger partial charge in [0.25, 0.3) is 15.9 Å². The molecule has 38 heavy (non-hydrogen) atoms. The predicted molar refractivity (Wildman–Crippen MR) is 151 cm³/mol. The summed E-state index contributed by atoms with van der Waals surface area (Å²) in [6.07, 6.45) is 3.09. The summed E-state index contributed by atoms with van der Waals surface area (Å²) in [7, 11) is -4.00. The molecule has 0 aliphatic heterocycles. The van der Waals surface area contributed by atoms with Crippen molar-refractivity contribution in [1.29, 1.82) is 0 Å². The van der Waals surface area contributed by atoms with Crippen LogP contribution in [0.1, 0.15) is 37.8 Å². The van der Waals surface area contributed by atoms with Gasteiger partial charge in [0.15, 0.2) is 11.5 Å². The maximum atomic E-state index is 13.5. The van der Waals surface area contributed by atoms with E-state index >= 15 is 0 Å². The molecule has 0 atom stereocenters. The Balaban J connectivity index is 1.79. The lowest BCUT2D eigenvalue weighted by Gasteiger charge is -2.24. The standard InChI is InChI=1S/C29H33N3O5S/c1-5-18-37-27-17-12-23(19-28(27)36-6-2)20-30-31-29(33)21-32(25-15-13-24(14-16-25)22(3)4)38(34,35)26-10-8-7-9-11-26/h5,7-17,19-20,22H,1,6,18,21H2,2-4H3,(H,31,33)/b30-20-. The fourth-order valence-corrected chi connectivity index (χ4v) is 4.99. The Hall–Kier alpha value is -4.11. The summed E-state index contributed by atoms with van der Waals surface area (Å²) in [5, 5.41) is 4.01. The Morgan fingerprint density at radius 2 is 1.74 bits per heavy atom. The minimum atomic E-state index is -4.00. The first-order valence-electron chi connectivity index (χ1n) is 12.3. The quantitative estimate of drug-likeness (QED) is 0.186. The van der Waals surface area contributed by atoms with E-state index in [-0.39, 0.29) is 10.8 Å². The summed E-state index contributed by atoms with van der Waals surface area (Å²) in [5.41, 5.74) is 4.53. The number of carbonyl (C=O) groups is 1. The molecular weight excluding hydrogens is 502 g/mol. The molecule has 0 aliphatic rings. The zero-order valence-corrected chi connectivity index (χ0v) is 22.6. The molecule has 0 unspecified atom stereocenters. The molecule has 1 amide bonds. The molecule has 0 saturated heterocycles. The Bertz CT molecular complexity index is 1350. The number of rotatable bonds is 13. The SMILES string of the molecule is C=CCOc1ccc(/C=N\NC(=O)CN(c2ccc(C(C)C)cc2)S(=O)(=O)c2ccccc2)cc1OCC. The lowest BCUT2D eigenvalue weighted by molar-refractivity contribution is -0.119. The van der Waals surface area contributed by atoms with Crippen LogP contribution in [0, 0.1) is 0 Å². The average molecular weight is 536 g/mol. The van der Waals surface area contributed by atoms with E-state index in [1.807, 2.05) is 19.1 Å². The maximum Gasteiger partial charge on any atom is 0.264 e. The Kier molecular flexibility index (Phi) is 10.1. The number of carbonyl (C=O) groups excluding carboxylic acids is 1. The topological polar surface area (TPSA) is 97.3 Å². The molecule has 0 heterocycles. The number of anilines is 1. The number of ether oxygens (including phenoxy) is 2. The Morgan fingerprint density at radius 1 is 1.03 bits per heavy atom. The van der Waals surface area contributed by atoms with Crippen LogP contribution in [-0.2, 0) is 14.8 Å². The van der Waals surface area contributed by atoms with Crippen molar-refractivity contribution in [3.63, 3.8) is 0 Å². The van der Waals surface area contributed by atoms with Crippen molar-refractivity contribution < 1.29 is 22.7 Å². The van der Waals surface area contributed by atoms with E-state index < -0.39 is 22.5 Å². The third kappa shape index (κ3) is 7.45. The smallest absolute Gasteiger partial charge is 0.264 e. The molecule has 0 aromatic heterocycles. The molecule has 200 valence electrons. The summed E-state index contributed by atoms with van der Waals surface area (Å²) in [5.74, 6) is 0.796. The van der Waals surface area contributed by atoms with E-state index in [0.717, 1.165) is 9.87 Å². The van der Waals surface area contributed by atoms with E-state index in [9.17, 15) is 13.2 Å². The first kappa shape index (κ1) is 28.5. The largest absolute Gasteiger partial charge is 0.490 e. The van der Waals surface area contributed by atoms with Crippen LogP contribution in [0.15, 0.2) is 95.4 Å². The van der Waals surface area contributed by atoms with E-state index in [2.05, 4.69) is 31.0 Å². The molecule has 3 rings (SSSR count). The first-order chi connectivity index (χ1) is 18.3. The molecule has 0 bridgehead atoms. The van der Waals surface area contributed by atoms with Gasteiger partial charge >= 0.3 is 0 Å². The number of amides is 1. The molecule has 0 saturated carbocycles. The highest BCUT2D eigenvalue weighted by Crippen LogP contribution is 2.28. The van der Waals surface area contributed by atoms with Gasteiger partial charge in [0.05, 0.1) is 23.4 Å². The van der Waals surface area contributed by atoms with Crippen LogP contribution in [0.5, 0.6) is 11.5 Å². The van der Waals surface area contributed by atoms with Crippen LogP contribution in [0.2, 0.25) is 0 Å². The Labute approximate surface area is 224 Å². The molecule has 3 aromatic carbocycles. The van der Waals surface area contributed by atoms with Crippen molar-refractivity contribution in [3.8, 4) is 11.5 Å². The van der Waals surface area contributed by atoms with Crippen LogP contribution < -0.4 is 19.2 Å². The molecule has 3 aromatic rings. The van der Waals surface area contributed by atoms with Gasteiger partial charge in [-0.15, -0.1) is 0 Å².